The van der Waals surface area contributed by atoms with E-state index in [-0.39, 0.29) is 5.54 Å². The summed E-state index contributed by atoms with van der Waals surface area (Å²) in [5.74, 6) is 0.909. The molecule has 0 radical (unpaired) electrons. The van der Waals surface area contributed by atoms with Gasteiger partial charge >= 0.3 is 0 Å². The van der Waals surface area contributed by atoms with Crippen LogP contribution in [0.4, 0.5) is 0 Å². The van der Waals surface area contributed by atoms with E-state index in [9.17, 15) is 0 Å². The first-order valence-electron chi connectivity index (χ1n) is 6.14. The predicted octanol–water partition coefficient (Wildman–Crippen LogP) is 4.10. The maximum atomic E-state index is 5.76. The van der Waals surface area contributed by atoms with Crippen molar-refractivity contribution in [2.45, 2.75) is 39.8 Å². The zero-order chi connectivity index (χ0) is 13.6. The van der Waals surface area contributed by atoms with Gasteiger partial charge in [-0.15, -0.1) is 0 Å². The fraction of sp³-hybridized carbons (Fsp3) is 0.467. The van der Waals surface area contributed by atoms with E-state index in [0.717, 1.165) is 23.4 Å². The average Bonchev–Trinajstić information content (AvgIpc) is 2.33. The molecule has 0 aliphatic rings. The Balaban J connectivity index is 2.67. The molecule has 1 aromatic carbocycles. The topological polar surface area (TPSA) is 21.3 Å². The summed E-state index contributed by atoms with van der Waals surface area (Å²) in [6.45, 7) is 9.72. The Hall–Kier alpha value is -0.990. The van der Waals surface area contributed by atoms with E-state index in [2.05, 4.69) is 32.2 Å². The number of rotatable bonds is 5. The van der Waals surface area contributed by atoms with E-state index >= 15 is 0 Å². The largest absolute Gasteiger partial charge is 0.489 e. The minimum atomic E-state index is 0.0963. The Labute approximate surface area is 115 Å². The van der Waals surface area contributed by atoms with Crippen molar-refractivity contribution in [2.24, 2.45) is 0 Å². The zero-order valence-electron chi connectivity index (χ0n) is 11.6. The summed E-state index contributed by atoms with van der Waals surface area (Å²) in [6, 6.07) is 8.07. The third-order valence-electron chi connectivity index (χ3n) is 2.42. The summed E-state index contributed by atoms with van der Waals surface area (Å²) in [6.07, 6.45) is 0. The van der Waals surface area contributed by atoms with Crippen molar-refractivity contribution in [1.82, 2.24) is 5.32 Å². The Morgan fingerprint density at radius 2 is 2.00 bits per heavy atom. The quantitative estimate of drug-likeness (QED) is 0.867. The summed E-state index contributed by atoms with van der Waals surface area (Å²) in [7, 11) is 0. The number of halogens is 1. The molecule has 3 heteroatoms. The van der Waals surface area contributed by atoms with Crippen molar-refractivity contribution in [2.75, 3.05) is 6.61 Å². The number of nitrogens with one attached hydrogen (secondary N) is 1. The Morgan fingerprint density at radius 1 is 1.33 bits per heavy atom. The number of benzene rings is 1. The molecule has 100 valence electrons. The number of hydrogen-bond donors (Lipinski definition) is 1. The minimum absolute atomic E-state index is 0.0963. The lowest BCUT2D eigenvalue weighted by atomic mass is 10.1. The van der Waals surface area contributed by atoms with Gasteiger partial charge in [0.1, 0.15) is 12.4 Å². The van der Waals surface area contributed by atoms with Crippen LogP contribution in [-0.4, -0.2) is 12.1 Å². The molecule has 2 nitrogen and oxygen atoms in total. The first-order chi connectivity index (χ1) is 8.42. The molecular weight excluding hydrogens is 246 g/mol. The maximum absolute atomic E-state index is 5.76. The van der Waals surface area contributed by atoms with E-state index < -0.39 is 0 Å². The SMILES string of the molecule is C/C(=C/Cl)COc1ccccc1CNC(C)(C)C. The third kappa shape index (κ3) is 5.56. The van der Waals surface area contributed by atoms with Gasteiger partial charge in [-0.05, 0) is 39.3 Å². The predicted molar refractivity (Wildman–Crippen MR) is 78.1 cm³/mol. The molecule has 0 spiro atoms. The molecule has 18 heavy (non-hydrogen) atoms. The van der Waals surface area contributed by atoms with Crippen molar-refractivity contribution in [3.8, 4) is 5.75 Å². The minimum Gasteiger partial charge on any atom is -0.489 e. The van der Waals surface area contributed by atoms with Crippen molar-refractivity contribution in [3.63, 3.8) is 0 Å². The van der Waals surface area contributed by atoms with Crippen LogP contribution in [0.2, 0.25) is 0 Å². The van der Waals surface area contributed by atoms with Crippen molar-refractivity contribution >= 4 is 11.6 Å². The molecule has 1 aromatic rings. The Kier molecular flexibility index (Phi) is 5.70. The molecule has 0 heterocycles. The Bertz CT molecular complexity index is 407. The van der Waals surface area contributed by atoms with Gasteiger partial charge in [0.2, 0.25) is 0 Å². The molecule has 0 aliphatic carbocycles. The second-order valence-corrected chi connectivity index (χ2v) is 5.67. The molecule has 0 unspecified atom stereocenters. The highest BCUT2D eigenvalue weighted by atomic mass is 35.5. The smallest absolute Gasteiger partial charge is 0.124 e. The van der Waals surface area contributed by atoms with Gasteiger partial charge in [-0.2, -0.15) is 0 Å². The van der Waals surface area contributed by atoms with Crippen LogP contribution >= 0.6 is 11.6 Å². The van der Waals surface area contributed by atoms with Crippen LogP contribution < -0.4 is 10.1 Å². The van der Waals surface area contributed by atoms with E-state index in [0.29, 0.717) is 6.61 Å². The van der Waals surface area contributed by atoms with E-state index in [1.54, 1.807) is 5.54 Å². The van der Waals surface area contributed by atoms with Crippen molar-refractivity contribution < 1.29 is 4.74 Å². The second kappa shape index (κ2) is 6.81. The molecule has 0 aromatic heterocycles. The van der Waals surface area contributed by atoms with Gasteiger partial charge in [-0.1, -0.05) is 29.8 Å². The maximum Gasteiger partial charge on any atom is 0.124 e. The van der Waals surface area contributed by atoms with E-state index in [1.165, 1.54) is 0 Å². The van der Waals surface area contributed by atoms with Crippen molar-refractivity contribution in [3.05, 3.63) is 40.9 Å². The lowest BCUT2D eigenvalue weighted by Gasteiger charge is -2.21. The molecule has 1 rings (SSSR count). The van der Waals surface area contributed by atoms with Crippen LogP contribution in [0.15, 0.2) is 35.4 Å². The van der Waals surface area contributed by atoms with Crippen LogP contribution in [0.5, 0.6) is 5.75 Å². The lowest BCUT2D eigenvalue weighted by molar-refractivity contribution is 0.343. The highest BCUT2D eigenvalue weighted by Gasteiger charge is 2.10. The van der Waals surface area contributed by atoms with Crippen LogP contribution in [0.25, 0.3) is 0 Å². The molecule has 0 bridgehead atoms. The van der Waals surface area contributed by atoms with Crippen LogP contribution in [0.3, 0.4) is 0 Å². The summed E-state index contributed by atoms with van der Waals surface area (Å²) in [5, 5.41) is 3.46. The molecular formula is C15H22ClNO. The van der Waals surface area contributed by atoms with Gasteiger partial charge in [0, 0.05) is 23.2 Å². The fourth-order valence-electron chi connectivity index (χ4n) is 1.37. The first kappa shape index (κ1) is 15.1. The zero-order valence-corrected chi connectivity index (χ0v) is 12.3. The fourth-order valence-corrected chi connectivity index (χ4v) is 1.44. The average molecular weight is 268 g/mol. The van der Waals surface area contributed by atoms with Gasteiger partial charge < -0.3 is 10.1 Å². The molecule has 0 saturated carbocycles. The highest BCUT2D eigenvalue weighted by molar-refractivity contribution is 6.25. The van der Waals surface area contributed by atoms with Crippen LogP contribution in [0.1, 0.15) is 33.3 Å². The third-order valence-corrected chi connectivity index (χ3v) is 2.80. The molecule has 0 fully saturated rings. The second-order valence-electron chi connectivity index (χ2n) is 5.46. The lowest BCUT2D eigenvalue weighted by Crippen LogP contribution is -2.35. The summed E-state index contributed by atoms with van der Waals surface area (Å²) >= 11 is 5.62. The number of ether oxygens (including phenoxy) is 1. The number of hydrogen-bond acceptors (Lipinski definition) is 2. The van der Waals surface area contributed by atoms with Gasteiger partial charge in [0.05, 0.1) is 0 Å². The first-order valence-corrected chi connectivity index (χ1v) is 6.57. The van der Waals surface area contributed by atoms with Crippen LogP contribution in [0, 0.1) is 0 Å². The molecule has 0 aliphatic heterocycles. The molecule has 0 saturated heterocycles. The van der Waals surface area contributed by atoms with Gasteiger partial charge in [-0.25, -0.2) is 0 Å². The van der Waals surface area contributed by atoms with Crippen LogP contribution in [-0.2, 0) is 6.54 Å². The van der Waals surface area contributed by atoms with E-state index in [1.807, 2.05) is 25.1 Å². The van der Waals surface area contributed by atoms with Gasteiger partial charge in [0.25, 0.3) is 0 Å². The summed E-state index contributed by atoms with van der Waals surface area (Å²) < 4.78 is 5.76. The number of para-hydroxylation sites is 1. The van der Waals surface area contributed by atoms with Gasteiger partial charge in [-0.3, -0.25) is 0 Å². The van der Waals surface area contributed by atoms with Crippen molar-refractivity contribution in [1.29, 1.82) is 0 Å². The standard InChI is InChI=1S/C15H22ClNO/c1-12(9-16)11-18-14-8-6-5-7-13(14)10-17-15(2,3)4/h5-9,17H,10-11H2,1-4H3/b12-9-. The Morgan fingerprint density at radius 3 is 2.61 bits per heavy atom. The molecule has 0 amide bonds. The molecule has 0 atom stereocenters. The summed E-state index contributed by atoms with van der Waals surface area (Å²) in [4.78, 5) is 0. The van der Waals surface area contributed by atoms with Gasteiger partial charge in [0.15, 0.2) is 0 Å². The highest BCUT2D eigenvalue weighted by Crippen LogP contribution is 2.19. The van der Waals surface area contributed by atoms with E-state index in [4.69, 9.17) is 16.3 Å². The monoisotopic (exact) mass is 267 g/mol. The normalized spacial score (nSPS) is 12.6. The molecule has 1 N–H and O–H groups in total. The summed E-state index contributed by atoms with van der Waals surface area (Å²) in [5.41, 5.74) is 3.82.